The van der Waals surface area contributed by atoms with Crippen molar-refractivity contribution < 1.29 is 0 Å². The third-order valence-electron chi connectivity index (χ3n) is 4.78. The van der Waals surface area contributed by atoms with Gasteiger partial charge in [-0.3, -0.25) is 0 Å². The van der Waals surface area contributed by atoms with Gasteiger partial charge < -0.3 is 10.6 Å². The predicted octanol–water partition coefficient (Wildman–Crippen LogP) is 2.87. The number of rotatable bonds is 2. The molecule has 3 atom stereocenters. The lowest BCUT2D eigenvalue weighted by atomic mass is 9.78. The van der Waals surface area contributed by atoms with Gasteiger partial charge in [0.2, 0.25) is 0 Å². The van der Waals surface area contributed by atoms with Crippen molar-refractivity contribution in [3.8, 4) is 0 Å². The maximum absolute atomic E-state index is 6.30. The monoisotopic (exact) mass is 238 g/mol. The molecule has 17 heavy (non-hydrogen) atoms. The maximum Gasteiger partial charge on any atom is 0.00795 e. The fourth-order valence-corrected chi connectivity index (χ4v) is 3.76. The van der Waals surface area contributed by atoms with Gasteiger partial charge >= 0.3 is 0 Å². The molecule has 2 heteroatoms. The van der Waals surface area contributed by atoms with Crippen molar-refractivity contribution in [1.82, 2.24) is 4.90 Å². The molecule has 2 fully saturated rings. The van der Waals surface area contributed by atoms with Gasteiger partial charge in [-0.2, -0.15) is 0 Å². The van der Waals surface area contributed by atoms with E-state index in [0.717, 1.165) is 11.8 Å². The fraction of sp³-hybridized carbons (Fsp3) is 1.00. The van der Waals surface area contributed by atoms with E-state index in [1.807, 2.05) is 0 Å². The Morgan fingerprint density at radius 3 is 2.76 bits per heavy atom. The van der Waals surface area contributed by atoms with E-state index < -0.39 is 0 Å². The van der Waals surface area contributed by atoms with Crippen LogP contribution in [0.4, 0.5) is 0 Å². The average molecular weight is 238 g/mol. The zero-order valence-electron chi connectivity index (χ0n) is 11.9. The van der Waals surface area contributed by atoms with Crippen LogP contribution in [0, 0.1) is 17.3 Å². The van der Waals surface area contributed by atoms with Crippen LogP contribution in [0.1, 0.15) is 52.9 Å². The zero-order valence-corrected chi connectivity index (χ0v) is 11.9. The summed E-state index contributed by atoms with van der Waals surface area (Å²) in [6, 6.07) is 0.455. The van der Waals surface area contributed by atoms with E-state index in [0.29, 0.717) is 11.5 Å². The number of piperidine rings is 1. The van der Waals surface area contributed by atoms with Crippen molar-refractivity contribution in [3.05, 3.63) is 0 Å². The molecule has 0 spiro atoms. The summed E-state index contributed by atoms with van der Waals surface area (Å²) < 4.78 is 0. The van der Waals surface area contributed by atoms with Gasteiger partial charge in [0.1, 0.15) is 0 Å². The molecule has 0 aromatic rings. The van der Waals surface area contributed by atoms with Crippen molar-refractivity contribution in [3.63, 3.8) is 0 Å². The largest absolute Gasteiger partial charge is 0.327 e. The van der Waals surface area contributed by atoms with Crippen molar-refractivity contribution in [2.45, 2.75) is 58.9 Å². The zero-order chi connectivity index (χ0) is 12.5. The molecule has 2 aliphatic rings. The average Bonchev–Trinajstić information content (AvgIpc) is 2.22. The Kier molecular flexibility index (Phi) is 4.14. The van der Waals surface area contributed by atoms with Crippen molar-refractivity contribution in [1.29, 1.82) is 0 Å². The van der Waals surface area contributed by atoms with E-state index in [-0.39, 0.29) is 0 Å². The summed E-state index contributed by atoms with van der Waals surface area (Å²) in [5.41, 5.74) is 6.82. The van der Waals surface area contributed by atoms with Crippen molar-refractivity contribution >= 4 is 0 Å². The molecule has 100 valence electrons. The third kappa shape index (κ3) is 3.69. The van der Waals surface area contributed by atoms with Crippen LogP contribution in [0.2, 0.25) is 0 Å². The summed E-state index contributed by atoms with van der Waals surface area (Å²) in [6.07, 6.45) is 6.67. The van der Waals surface area contributed by atoms with E-state index in [1.54, 1.807) is 0 Å². The molecule has 3 unspecified atom stereocenters. The summed E-state index contributed by atoms with van der Waals surface area (Å²) in [5.74, 6) is 1.63. The summed E-state index contributed by atoms with van der Waals surface area (Å²) in [5, 5.41) is 0. The Morgan fingerprint density at radius 2 is 2.06 bits per heavy atom. The SMILES string of the molecule is CC1CCC(N)C(CN2CCCC(C)(C)C2)C1. The van der Waals surface area contributed by atoms with Gasteiger partial charge in [0.15, 0.2) is 0 Å². The van der Waals surface area contributed by atoms with Crippen LogP contribution in [-0.4, -0.2) is 30.6 Å². The van der Waals surface area contributed by atoms with Crippen LogP contribution in [0.25, 0.3) is 0 Å². The van der Waals surface area contributed by atoms with Gasteiger partial charge in [0, 0.05) is 19.1 Å². The summed E-state index contributed by atoms with van der Waals surface area (Å²) in [7, 11) is 0. The van der Waals surface area contributed by atoms with E-state index in [4.69, 9.17) is 5.73 Å². The minimum Gasteiger partial charge on any atom is -0.327 e. The van der Waals surface area contributed by atoms with Gasteiger partial charge in [-0.15, -0.1) is 0 Å². The third-order valence-corrected chi connectivity index (χ3v) is 4.78. The molecular weight excluding hydrogens is 208 g/mol. The Morgan fingerprint density at radius 1 is 1.29 bits per heavy atom. The summed E-state index contributed by atoms with van der Waals surface area (Å²) >= 11 is 0. The van der Waals surface area contributed by atoms with Crippen LogP contribution in [-0.2, 0) is 0 Å². The van der Waals surface area contributed by atoms with Crippen LogP contribution < -0.4 is 5.73 Å². The van der Waals surface area contributed by atoms with Gasteiger partial charge in [0.25, 0.3) is 0 Å². The van der Waals surface area contributed by atoms with Crippen LogP contribution >= 0.6 is 0 Å². The van der Waals surface area contributed by atoms with Gasteiger partial charge in [-0.1, -0.05) is 20.8 Å². The van der Waals surface area contributed by atoms with E-state index in [9.17, 15) is 0 Å². The molecule has 1 heterocycles. The second-order valence-corrected chi connectivity index (χ2v) is 7.35. The highest BCUT2D eigenvalue weighted by atomic mass is 15.1. The molecule has 1 aliphatic carbocycles. The number of nitrogens with zero attached hydrogens (tertiary/aromatic N) is 1. The lowest BCUT2D eigenvalue weighted by molar-refractivity contribution is 0.0825. The molecule has 2 nitrogen and oxygen atoms in total. The van der Waals surface area contributed by atoms with Crippen molar-refractivity contribution in [2.24, 2.45) is 23.0 Å². The van der Waals surface area contributed by atoms with Crippen molar-refractivity contribution in [2.75, 3.05) is 19.6 Å². The van der Waals surface area contributed by atoms with Gasteiger partial charge in [-0.05, 0) is 55.9 Å². The molecule has 1 aliphatic heterocycles. The van der Waals surface area contributed by atoms with E-state index in [1.165, 1.54) is 51.7 Å². The molecule has 1 saturated heterocycles. The quantitative estimate of drug-likeness (QED) is 0.801. The first-order valence-corrected chi connectivity index (χ1v) is 7.44. The maximum atomic E-state index is 6.30. The lowest BCUT2D eigenvalue weighted by Gasteiger charge is -2.42. The molecule has 2 N–H and O–H groups in total. The Balaban J connectivity index is 1.87. The first kappa shape index (κ1) is 13.4. The van der Waals surface area contributed by atoms with Gasteiger partial charge in [0.05, 0.1) is 0 Å². The summed E-state index contributed by atoms with van der Waals surface area (Å²) in [6.45, 7) is 11.0. The molecule has 0 radical (unpaired) electrons. The molecule has 0 aromatic heterocycles. The second kappa shape index (κ2) is 5.27. The number of hydrogen-bond donors (Lipinski definition) is 1. The minimum atomic E-state index is 0.455. The molecular formula is C15H30N2. The highest BCUT2D eigenvalue weighted by molar-refractivity contribution is 4.86. The number of hydrogen-bond acceptors (Lipinski definition) is 2. The molecule has 0 bridgehead atoms. The Hall–Kier alpha value is -0.0800. The second-order valence-electron chi connectivity index (χ2n) is 7.35. The number of nitrogens with two attached hydrogens (primary N) is 1. The minimum absolute atomic E-state index is 0.455. The molecule has 0 amide bonds. The standard InChI is InChI=1S/C15H30N2/c1-12-5-6-14(16)13(9-12)10-17-8-4-7-15(2,3)11-17/h12-14H,4-11,16H2,1-3H3. The first-order valence-electron chi connectivity index (χ1n) is 7.44. The van der Waals surface area contributed by atoms with Crippen LogP contribution in [0.3, 0.4) is 0 Å². The topological polar surface area (TPSA) is 29.3 Å². The predicted molar refractivity (Wildman–Crippen MR) is 73.9 cm³/mol. The molecule has 1 saturated carbocycles. The fourth-order valence-electron chi connectivity index (χ4n) is 3.76. The lowest BCUT2D eigenvalue weighted by Crippen LogP contribution is -2.47. The normalized spacial score (nSPS) is 39.2. The summed E-state index contributed by atoms with van der Waals surface area (Å²) in [4.78, 5) is 2.67. The highest BCUT2D eigenvalue weighted by Crippen LogP contribution is 2.32. The smallest absolute Gasteiger partial charge is 0.00795 e. The van der Waals surface area contributed by atoms with E-state index >= 15 is 0 Å². The Bertz CT molecular complexity index is 249. The molecule has 2 rings (SSSR count). The Labute approximate surface area is 107 Å². The van der Waals surface area contributed by atoms with Crippen LogP contribution in [0.15, 0.2) is 0 Å². The van der Waals surface area contributed by atoms with Gasteiger partial charge in [-0.25, -0.2) is 0 Å². The van der Waals surface area contributed by atoms with Crippen LogP contribution in [0.5, 0.6) is 0 Å². The first-order chi connectivity index (χ1) is 7.96. The highest BCUT2D eigenvalue weighted by Gasteiger charge is 2.31. The number of likely N-dealkylation sites (tertiary alicyclic amines) is 1. The molecule has 0 aromatic carbocycles. The van der Waals surface area contributed by atoms with E-state index in [2.05, 4.69) is 25.7 Å².